The van der Waals surface area contributed by atoms with E-state index in [2.05, 4.69) is 35.9 Å². The lowest BCUT2D eigenvalue weighted by Crippen LogP contribution is -2.63. The van der Waals surface area contributed by atoms with Crippen molar-refractivity contribution < 1.29 is 0 Å². The van der Waals surface area contributed by atoms with Gasteiger partial charge in [0.1, 0.15) is 0 Å². The molecular weight excluding hydrogens is 186 g/mol. The number of hydrogen-bond donors (Lipinski definition) is 1. The second-order valence-electron chi connectivity index (χ2n) is 5.43. The van der Waals surface area contributed by atoms with Crippen LogP contribution in [0.15, 0.2) is 0 Å². The van der Waals surface area contributed by atoms with E-state index in [1.165, 1.54) is 32.7 Å². The fourth-order valence-electron chi connectivity index (χ4n) is 2.48. The summed E-state index contributed by atoms with van der Waals surface area (Å²) in [6.07, 6.45) is 0. The van der Waals surface area contributed by atoms with Crippen molar-refractivity contribution in [3.63, 3.8) is 0 Å². The summed E-state index contributed by atoms with van der Waals surface area (Å²) >= 11 is 0. The van der Waals surface area contributed by atoms with Crippen LogP contribution in [0.3, 0.4) is 0 Å². The van der Waals surface area contributed by atoms with Crippen LogP contribution in [-0.4, -0.2) is 61.2 Å². The minimum Gasteiger partial charge on any atom is -0.312 e. The fraction of sp³-hybridized carbons (Fsp3) is 1.00. The molecular formula is C12H25N3. The Labute approximate surface area is 93.8 Å². The van der Waals surface area contributed by atoms with Gasteiger partial charge in [-0.2, -0.15) is 0 Å². The minimum absolute atomic E-state index is 0.640. The van der Waals surface area contributed by atoms with Crippen molar-refractivity contribution in [1.29, 1.82) is 0 Å². The van der Waals surface area contributed by atoms with E-state index in [1.54, 1.807) is 0 Å². The predicted octanol–water partition coefficient (Wildman–Crippen LogP) is 0.620. The molecule has 2 bridgehead atoms. The molecule has 0 aliphatic carbocycles. The van der Waals surface area contributed by atoms with Crippen LogP contribution < -0.4 is 5.32 Å². The summed E-state index contributed by atoms with van der Waals surface area (Å²) < 4.78 is 0. The van der Waals surface area contributed by atoms with Crippen LogP contribution in [0.1, 0.15) is 20.8 Å². The zero-order valence-corrected chi connectivity index (χ0v) is 10.4. The Morgan fingerprint density at radius 1 is 1.13 bits per heavy atom. The molecule has 1 N–H and O–H groups in total. The van der Waals surface area contributed by atoms with Gasteiger partial charge in [-0.05, 0) is 12.8 Å². The first-order chi connectivity index (χ1) is 7.16. The molecule has 0 aromatic rings. The molecule has 2 unspecified atom stereocenters. The maximum absolute atomic E-state index is 3.67. The summed E-state index contributed by atoms with van der Waals surface area (Å²) in [5.41, 5.74) is 0. The number of nitrogens with one attached hydrogen (secondary N) is 1. The maximum atomic E-state index is 3.67. The molecule has 3 nitrogen and oxygen atoms in total. The normalized spacial score (nSPS) is 37.2. The second kappa shape index (κ2) is 4.81. The van der Waals surface area contributed by atoms with E-state index in [9.17, 15) is 0 Å². The number of piperazine rings is 3. The Balaban J connectivity index is 1.75. The zero-order valence-electron chi connectivity index (χ0n) is 10.4. The SMILES string of the molecule is CC(C)C(C)NCC1CN2CCN1CC2. The molecule has 0 aromatic heterocycles. The molecule has 3 saturated heterocycles. The smallest absolute Gasteiger partial charge is 0.0349 e. The molecule has 0 radical (unpaired) electrons. The van der Waals surface area contributed by atoms with Gasteiger partial charge in [0.05, 0.1) is 0 Å². The quantitative estimate of drug-likeness (QED) is 0.735. The number of rotatable bonds is 4. The average molecular weight is 211 g/mol. The lowest BCUT2D eigenvalue weighted by molar-refractivity contribution is 0.0124. The Morgan fingerprint density at radius 2 is 1.80 bits per heavy atom. The van der Waals surface area contributed by atoms with Crippen LogP contribution >= 0.6 is 0 Å². The number of hydrogen-bond acceptors (Lipinski definition) is 3. The minimum atomic E-state index is 0.640. The van der Waals surface area contributed by atoms with Crippen LogP contribution in [0.2, 0.25) is 0 Å². The highest BCUT2D eigenvalue weighted by atomic mass is 15.3. The highest BCUT2D eigenvalue weighted by Crippen LogP contribution is 2.15. The third-order valence-electron chi connectivity index (χ3n) is 4.07. The van der Waals surface area contributed by atoms with E-state index in [1.807, 2.05) is 0 Å². The first-order valence-corrected chi connectivity index (χ1v) is 6.36. The summed E-state index contributed by atoms with van der Waals surface area (Å²) in [7, 11) is 0. The molecule has 0 aromatic carbocycles. The zero-order chi connectivity index (χ0) is 10.8. The maximum Gasteiger partial charge on any atom is 0.0349 e. The standard InChI is InChI=1S/C12H25N3/c1-10(2)11(3)13-8-12-9-14-4-6-15(12)7-5-14/h10-13H,4-9H2,1-3H3. The molecule has 3 rings (SSSR count). The summed E-state index contributed by atoms with van der Waals surface area (Å²) in [6.45, 7) is 14.4. The predicted molar refractivity (Wildman–Crippen MR) is 64.1 cm³/mol. The van der Waals surface area contributed by atoms with E-state index < -0.39 is 0 Å². The summed E-state index contributed by atoms with van der Waals surface area (Å²) in [5.74, 6) is 0.737. The first kappa shape index (κ1) is 11.4. The van der Waals surface area contributed by atoms with Crippen molar-refractivity contribution in [2.45, 2.75) is 32.9 Å². The Hall–Kier alpha value is -0.120. The van der Waals surface area contributed by atoms with Gasteiger partial charge in [-0.25, -0.2) is 0 Å². The van der Waals surface area contributed by atoms with Gasteiger partial charge in [0.25, 0.3) is 0 Å². The third kappa shape index (κ3) is 2.71. The fourth-order valence-corrected chi connectivity index (χ4v) is 2.48. The number of fused-ring (bicyclic) bond motifs is 3. The van der Waals surface area contributed by atoms with Crippen LogP contribution in [0.5, 0.6) is 0 Å². The van der Waals surface area contributed by atoms with Gasteiger partial charge >= 0.3 is 0 Å². The monoisotopic (exact) mass is 211 g/mol. The average Bonchev–Trinajstić information content (AvgIpc) is 2.27. The van der Waals surface area contributed by atoms with Crippen LogP contribution in [0, 0.1) is 5.92 Å². The van der Waals surface area contributed by atoms with E-state index in [4.69, 9.17) is 0 Å². The summed E-state index contributed by atoms with van der Waals surface area (Å²) in [4.78, 5) is 5.26. The van der Waals surface area contributed by atoms with Crippen LogP contribution in [0.25, 0.3) is 0 Å². The van der Waals surface area contributed by atoms with E-state index >= 15 is 0 Å². The first-order valence-electron chi connectivity index (χ1n) is 6.36. The van der Waals surface area contributed by atoms with E-state index in [0.717, 1.165) is 18.5 Å². The summed E-state index contributed by atoms with van der Waals surface area (Å²) in [5, 5.41) is 3.67. The van der Waals surface area contributed by atoms with Gasteiger partial charge in [0.15, 0.2) is 0 Å². The molecule has 15 heavy (non-hydrogen) atoms. The van der Waals surface area contributed by atoms with Crippen molar-refractivity contribution in [3.8, 4) is 0 Å². The van der Waals surface area contributed by atoms with Gasteiger partial charge in [-0.15, -0.1) is 0 Å². The largest absolute Gasteiger partial charge is 0.312 e. The van der Waals surface area contributed by atoms with Crippen molar-refractivity contribution >= 4 is 0 Å². The van der Waals surface area contributed by atoms with Crippen molar-refractivity contribution in [1.82, 2.24) is 15.1 Å². The van der Waals surface area contributed by atoms with Crippen molar-refractivity contribution in [2.24, 2.45) is 5.92 Å². The van der Waals surface area contributed by atoms with Gasteiger partial charge in [0, 0.05) is 51.4 Å². The van der Waals surface area contributed by atoms with E-state index in [-0.39, 0.29) is 0 Å². The lowest BCUT2D eigenvalue weighted by atomic mass is 10.0. The molecule has 3 aliphatic heterocycles. The molecule has 0 saturated carbocycles. The highest BCUT2D eigenvalue weighted by Gasteiger charge is 2.31. The van der Waals surface area contributed by atoms with Crippen molar-refractivity contribution in [2.75, 3.05) is 39.3 Å². The molecule has 3 aliphatic rings. The molecule has 3 heteroatoms. The Morgan fingerprint density at radius 3 is 2.27 bits per heavy atom. The highest BCUT2D eigenvalue weighted by molar-refractivity contribution is 4.89. The van der Waals surface area contributed by atoms with Crippen molar-refractivity contribution in [3.05, 3.63) is 0 Å². The Bertz CT molecular complexity index is 197. The van der Waals surface area contributed by atoms with Crippen LogP contribution in [-0.2, 0) is 0 Å². The molecule has 3 fully saturated rings. The second-order valence-corrected chi connectivity index (χ2v) is 5.43. The Kier molecular flexibility index (Phi) is 3.65. The molecule has 2 atom stereocenters. The number of nitrogens with zero attached hydrogens (tertiary/aromatic N) is 2. The molecule has 3 heterocycles. The molecule has 0 spiro atoms. The van der Waals surface area contributed by atoms with Gasteiger partial charge in [-0.1, -0.05) is 13.8 Å². The van der Waals surface area contributed by atoms with Gasteiger partial charge in [-0.3, -0.25) is 9.80 Å². The molecule has 88 valence electrons. The van der Waals surface area contributed by atoms with Gasteiger partial charge in [0.2, 0.25) is 0 Å². The van der Waals surface area contributed by atoms with E-state index in [0.29, 0.717) is 6.04 Å². The third-order valence-corrected chi connectivity index (χ3v) is 4.07. The van der Waals surface area contributed by atoms with Crippen LogP contribution in [0.4, 0.5) is 0 Å². The van der Waals surface area contributed by atoms with Gasteiger partial charge < -0.3 is 5.32 Å². The lowest BCUT2D eigenvalue weighted by Gasteiger charge is -2.47. The summed E-state index contributed by atoms with van der Waals surface area (Å²) in [6, 6.07) is 1.40. The molecule has 0 amide bonds. The topological polar surface area (TPSA) is 18.5 Å².